The first-order chi connectivity index (χ1) is 21.0. The third-order valence-corrected chi connectivity index (χ3v) is 13.6. The standard InChI is InChI=1S/C28H6F8N2S6/c29-9-1-7(19(31)23(35)21(9)33)11-3-13-15(39-11)5-17(41-13)25-37-27-28(43-25)38-26(44-27)18-6-16-14(42-18)4-12(40-16)8-2-10(30)22(34)24(36)20(8)32/h1-6H. The molecule has 0 aliphatic carbocycles. The molecule has 0 bridgehead atoms. The van der Waals surface area contributed by atoms with Crippen molar-refractivity contribution in [2.24, 2.45) is 0 Å². The number of halogens is 8. The van der Waals surface area contributed by atoms with Crippen molar-refractivity contribution in [3.8, 4) is 40.7 Å². The molecule has 6 aromatic heterocycles. The van der Waals surface area contributed by atoms with E-state index in [4.69, 9.17) is 9.97 Å². The SMILES string of the molecule is Fc1cc(-c2cc3sc(-c4nc5sc(-c6cc7sc(-c8cc(F)c(F)c(F)c8F)cc7s6)nc5s4)cc3s2)c(F)c(F)c1F. The summed E-state index contributed by atoms with van der Waals surface area (Å²) in [6.07, 6.45) is 0. The molecule has 0 saturated carbocycles. The van der Waals surface area contributed by atoms with E-state index in [9.17, 15) is 35.1 Å². The van der Waals surface area contributed by atoms with Crippen molar-refractivity contribution in [2.75, 3.05) is 0 Å². The maximum Gasteiger partial charge on any atom is 0.198 e. The molecule has 8 aromatic rings. The van der Waals surface area contributed by atoms with Crippen molar-refractivity contribution in [2.45, 2.75) is 0 Å². The topological polar surface area (TPSA) is 25.8 Å². The third kappa shape index (κ3) is 4.34. The van der Waals surface area contributed by atoms with Gasteiger partial charge in [-0.1, -0.05) is 22.7 Å². The largest absolute Gasteiger partial charge is 0.222 e. The zero-order chi connectivity index (χ0) is 30.6. The summed E-state index contributed by atoms with van der Waals surface area (Å²) < 4.78 is 113. The molecule has 2 aromatic carbocycles. The van der Waals surface area contributed by atoms with Gasteiger partial charge in [-0.05, 0) is 36.4 Å². The van der Waals surface area contributed by atoms with E-state index in [1.54, 1.807) is 12.1 Å². The molecular weight excluding hydrogens is 709 g/mol. The van der Waals surface area contributed by atoms with Gasteiger partial charge in [0.15, 0.2) is 56.2 Å². The highest BCUT2D eigenvalue weighted by Gasteiger charge is 2.24. The lowest BCUT2D eigenvalue weighted by atomic mass is 10.1. The van der Waals surface area contributed by atoms with Crippen molar-refractivity contribution in [1.29, 1.82) is 0 Å². The maximum atomic E-state index is 14.3. The molecule has 2 nitrogen and oxygen atoms in total. The number of fused-ring (bicyclic) bond motifs is 3. The Morgan fingerprint density at radius 2 is 0.705 bits per heavy atom. The van der Waals surface area contributed by atoms with Crippen LogP contribution in [0, 0.1) is 46.5 Å². The summed E-state index contributed by atoms with van der Waals surface area (Å²) in [7, 11) is 0. The van der Waals surface area contributed by atoms with Crippen molar-refractivity contribution >= 4 is 96.5 Å². The van der Waals surface area contributed by atoms with Crippen molar-refractivity contribution in [3.63, 3.8) is 0 Å². The van der Waals surface area contributed by atoms with Gasteiger partial charge in [0.05, 0.1) is 9.75 Å². The zero-order valence-electron chi connectivity index (χ0n) is 20.8. The molecule has 44 heavy (non-hydrogen) atoms. The summed E-state index contributed by atoms with van der Waals surface area (Å²) in [5, 5.41) is 1.42. The number of thiophene rings is 4. The third-order valence-electron chi connectivity index (χ3n) is 6.55. The normalized spacial score (nSPS) is 12.1. The van der Waals surface area contributed by atoms with Crippen LogP contribution in [0.1, 0.15) is 0 Å². The summed E-state index contributed by atoms with van der Waals surface area (Å²) in [4.78, 5) is 13.0. The first-order valence-electron chi connectivity index (χ1n) is 12.1. The Hall–Kier alpha value is -3.28. The number of nitrogens with zero attached hydrogens (tertiary/aromatic N) is 2. The monoisotopic (exact) mass is 714 g/mol. The second-order valence-corrected chi connectivity index (χ2v) is 15.5. The second kappa shape index (κ2) is 10.1. The molecule has 220 valence electrons. The molecule has 0 saturated heterocycles. The molecule has 16 heteroatoms. The maximum absolute atomic E-state index is 14.3. The number of hydrogen-bond acceptors (Lipinski definition) is 8. The highest BCUT2D eigenvalue weighted by molar-refractivity contribution is 7.35. The molecule has 0 unspecified atom stereocenters. The molecule has 6 heterocycles. The number of aromatic nitrogens is 2. The Kier molecular flexibility index (Phi) is 6.49. The van der Waals surface area contributed by atoms with E-state index in [0.29, 0.717) is 31.8 Å². The number of benzene rings is 2. The zero-order valence-corrected chi connectivity index (χ0v) is 25.7. The van der Waals surface area contributed by atoms with Gasteiger partial charge >= 0.3 is 0 Å². The van der Waals surface area contributed by atoms with Crippen LogP contribution in [0.2, 0.25) is 0 Å². The molecule has 0 radical (unpaired) electrons. The molecule has 8 rings (SSSR count). The second-order valence-electron chi connectivity index (χ2n) is 9.24. The minimum Gasteiger partial charge on any atom is -0.222 e. The van der Waals surface area contributed by atoms with E-state index in [-0.39, 0.29) is 20.9 Å². The minimum atomic E-state index is -1.85. The van der Waals surface area contributed by atoms with Gasteiger partial charge in [0.2, 0.25) is 0 Å². The van der Waals surface area contributed by atoms with Crippen LogP contribution < -0.4 is 0 Å². The smallest absolute Gasteiger partial charge is 0.198 e. The first-order valence-corrected chi connectivity index (χ1v) is 17.0. The predicted molar refractivity (Wildman–Crippen MR) is 163 cm³/mol. The van der Waals surface area contributed by atoms with Crippen LogP contribution in [0.25, 0.3) is 69.1 Å². The van der Waals surface area contributed by atoms with Gasteiger partial charge in [-0.25, -0.2) is 45.1 Å². The van der Waals surface area contributed by atoms with Gasteiger partial charge in [-0.3, -0.25) is 0 Å². The summed E-state index contributed by atoms with van der Waals surface area (Å²) >= 11 is 7.73. The highest BCUT2D eigenvalue weighted by Crippen LogP contribution is 2.47. The summed E-state index contributed by atoms with van der Waals surface area (Å²) in [5.41, 5.74) is -0.698. The Bertz CT molecular complexity index is 2200. The Labute approximate surface area is 263 Å². The lowest BCUT2D eigenvalue weighted by Gasteiger charge is -2.03. The predicted octanol–water partition coefficient (Wildman–Crippen LogP) is 12.1. The summed E-state index contributed by atoms with van der Waals surface area (Å²) in [6.45, 7) is 0. The fourth-order valence-electron chi connectivity index (χ4n) is 4.50. The molecule has 0 fully saturated rings. The number of rotatable bonds is 4. The fourth-order valence-corrected chi connectivity index (χ4v) is 11.5. The summed E-state index contributed by atoms with van der Waals surface area (Å²) in [6, 6.07) is 8.18. The van der Waals surface area contributed by atoms with Crippen LogP contribution in [0.15, 0.2) is 36.4 Å². The van der Waals surface area contributed by atoms with Crippen LogP contribution in [0.3, 0.4) is 0 Å². The fraction of sp³-hybridized carbons (Fsp3) is 0. The molecule has 0 atom stereocenters. The van der Waals surface area contributed by atoms with Crippen molar-refractivity contribution in [1.82, 2.24) is 9.97 Å². The lowest BCUT2D eigenvalue weighted by molar-refractivity contribution is 0.411. The Balaban J connectivity index is 1.07. The molecule has 0 aliphatic heterocycles. The van der Waals surface area contributed by atoms with Crippen LogP contribution in [0.4, 0.5) is 35.1 Å². The van der Waals surface area contributed by atoms with Gasteiger partial charge in [-0.15, -0.1) is 45.3 Å². The van der Waals surface area contributed by atoms with Gasteiger partial charge in [0, 0.05) is 39.7 Å². The van der Waals surface area contributed by atoms with Crippen LogP contribution in [0.5, 0.6) is 0 Å². The minimum absolute atomic E-state index is 0.268. The molecular formula is C28H6F8N2S6. The van der Waals surface area contributed by atoms with Gasteiger partial charge in [0.1, 0.15) is 10.0 Å². The van der Waals surface area contributed by atoms with E-state index in [1.807, 2.05) is 12.1 Å². The van der Waals surface area contributed by atoms with Crippen LogP contribution >= 0.6 is 68.0 Å². The molecule has 0 N–H and O–H groups in total. The highest BCUT2D eigenvalue weighted by atomic mass is 32.1. The Morgan fingerprint density at radius 1 is 0.364 bits per heavy atom. The van der Waals surface area contributed by atoms with Crippen molar-refractivity contribution in [3.05, 3.63) is 82.9 Å². The molecule has 0 spiro atoms. The number of hydrogen-bond donors (Lipinski definition) is 0. The van der Waals surface area contributed by atoms with Crippen LogP contribution in [-0.2, 0) is 0 Å². The average Bonchev–Trinajstić information content (AvgIpc) is 3.80. The quantitative estimate of drug-likeness (QED) is 0.103. The van der Waals surface area contributed by atoms with E-state index in [2.05, 4.69) is 0 Å². The van der Waals surface area contributed by atoms with Gasteiger partial charge < -0.3 is 0 Å². The first kappa shape index (κ1) is 28.2. The van der Waals surface area contributed by atoms with Crippen LogP contribution in [-0.4, -0.2) is 9.97 Å². The molecule has 0 aliphatic rings. The van der Waals surface area contributed by atoms with E-state index in [0.717, 1.165) is 51.2 Å². The Morgan fingerprint density at radius 3 is 1.09 bits per heavy atom. The average molecular weight is 715 g/mol. The molecule has 0 amide bonds. The van der Waals surface area contributed by atoms with Gasteiger partial charge in [-0.2, -0.15) is 0 Å². The van der Waals surface area contributed by atoms with Crippen molar-refractivity contribution < 1.29 is 35.1 Å². The van der Waals surface area contributed by atoms with E-state index >= 15 is 0 Å². The van der Waals surface area contributed by atoms with Gasteiger partial charge in [0.25, 0.3) is 0 Å². The summed E-state index contributed by atoms with van der Waals surface area (Å²) in [5.74, 6) is -13.2. The lowest BCUT2D eigenvalue weighted by Crippen LogP contribution is -1.97. The van der Waals surface area contributed by atoms with E-state index in [1.165, 1.54) is 45.3 Å². The van der Waals surface area contributed by atoms with E-state index < -0.39 is 46.5 Å². The number of thiazole rings is 2.